The molecule has 0 fully saturated rings. The number of hydrogen-bond acceptors (Lipinski definition) is 4. The van der Waals surface area contributed by atoms with Crippen LogP contribution in [0.4, 0.5) is 0 Å². The van der Waals surface area contributed by atoms with Crippen LogP contribution in [0.25, 0.3) is 0 Å². The van der Waals surface area contributed by atoms with Gasteiger partial charge in [0.2, 0.25) is 10.0 Å². The Labute approximate surface area is 105 Å². The normalized spacial score (nSPS) is 13.3. The SMILES string of the molecule is COCCN(CCCN)S(=O)(=O)CC(C)(C)C. The summed E-state index contributed by atoms with van der Waals surface area (Å²) in [6.45, 7) is 7.53. The van der Waals surface area contributed by atoms with Gasteiger partial charge in [0, 0.05) is 20.2 Å². The second-order valence-electron chi connectivity index (χ2n) is 5.35. The van der Waals surface area contributed by atoms with Crippen LogP contribution in [0.3, 0.4) is 0 Å². The van der Waals surface area contributed by atoms with Gasteiger partial charge in [-0.25, -0.2) is 8.42 Å². The lowest BCUT2D eigenvalue weighted by Gasteiger charge is -2.26. The molecule has 6 heteroatoms. The minimum atomic E-state index is -3.23. The van der Waals surface area contributed by atoms with Gasteiger partial charge in [-0.05, 0) is 18.4 Å². The Bertz CT molecular complexity index is 288. The summed E-state index contributed by atoms with van der Waals surface area (Å²) in [5, 5.41) is 0. The van der Waals surface area contributed by atoms with Crippen LogP contribution in [-0.4, -0.2) is 51.8 Å². The third-order valence-corrected chi connectivity index (χ3v) is 4.55. The van der Waals surface area contributed by atoms with E-state index in [-0.39, 0.29) is 11.2 Å². The van der Waals surface area contributed by atoms with E-state index in [2.05, 4.69) is 0 Å². The summed E-state index contributed by atoms with van der Waals surface area (Å²) in [4.78, 5) is 0. The molecule has 0 unspecified atom stereocenters. The molecule has 0 radical (unpaired) electrons. The Balaban J connectivity index is 4.63. The van der Waals surface area contributed by atoms with Crippen LogP contribution in [0.5, 0.6) is 0 Å². The van der Waals surface area contributed by atoms with Crippen LogP contribution in [-0.2, 0) is 14.8 Å². The molecule has 0 aliphatic rings. The zero-order chi connectivity index (χ0) is 13.5. The summed E-state index contributed by atoms with van der Waals surface area (Å²) >= 11 is 0. The fourth-order valence-corrected chi connectivity index (χ4v) is 3.53. The van der Waals surface area contributed by atoms with E-state index in [1.165, 1.54) is 4.31 Å². The van der Waals surface area contributed by atoms with E-state index in [0.717, 1.165) is 0 Å². The Morgan fingerprint density at radius 3 is 2.24 bits per heavy atom. The largest absolute Gasteiger partial charge is 0.383 e. The highest BCUT2D eigenvalue weighted by Crippen LogP contribution is 2.18. The number of sulfonamides is 1. The fourth-order valence-electron chi connectivity index (χ4n) is 1.49. The molecule has 0 aromatic heterocycles. The quantitative estimate of drug-likeness (QED) is 0.700. The number of nitrogens with two attached hydrogens (primary N) is 1. The maximum absolute atomic E-state index is 12.2. The molecule has 0 saturated carbocycles. The van der Waals surface area contributed by atoms with Gasteiger partial charge in [0.1, 0.15) is 0 Å². The number of hydrogen-bond donors (Lipinski definition) is 1. The third kappa shape index (κ3) is 7.70. The van der Waals surface area contributed by atoms with E-state index < -0.39 is 10.0 Å². The lowest BCUT2D eigenvalue weighted by Crippen LogP contribution is -2.40. The first-order valence-electron chi connectivity index (χ1n) is 5.90. The van der Waals surface area contributed by atoms with Crippen LogP contribution in [0, 0.1) is 5.41 Å². The number of nitrogens with zero attached hydrogens (tertiary/aromatic N) is 1. The van der Waals surface area contributed by atoms with E-state index in [1.807, 2.05) is 20.8 Å². The van der Waals surface area contributed by atoms with Crippen molar-refractivity contribution in [2.24, 2.45) is 11.1 Å². The molecule has 0 amide bonds. The van der Waals surface area contributed by atoms with Crippen molar-refractivity contribution in [3.8, 4) is 0 Å². The predicted octanol–water partition coefficient (Wildman–Crippen LogP) is 0.660. The minimum absolute atomic E-state index is 0.147. The predicted molar refractivity (Wildman–Crippen MR) is 70.4 cm³/mol. The van der Waals surface area contributed by atoms with Gasteiger partial charge in [0.25, 0.3) is 0 Å². The van der Waals surface area contributed by atoms with E-state index in [4.69, 9.17) is 10.5 Å². The molecule has 0 bridgehead atoms. The molecule has 2 N–H and O–H groups in total. The van der Waals surface area contributed by atoms with Crippen LogP contribution in [0.2, 0.25) is 0 Å². The smallest absolute Gasteiger partial charge is 0.214 e. The molecular weight excluding hydrogens is 240 g/mol. The maximum atomic E-state index is 12.2. The Kier molecular flexibility index (Phi) is 7.23. The van der Waals surface area contributed by atoms with Crippen LogP contribution < -0.4 is 5.73 Å². The molecular formula is C11H26N2O3S. The summed E-state index contributed by atoms with van der Waals surface area (Å²) < 4.78 is 30.8. The third-order valence-electron chi connectivity index (χ3n) is 2.17. The lowest BCUT2D eigenvalue weighted by atomic mass is 10.0. The van der Waals surface area contributed by atoms with Crippen LogP contribution >= 0.6 is 0 Å². The van der Waals surface area contributed by atoms with Crippen molar-refractivity contribution in [3.63, 3.8) is 0 Å². The van der Waals surface area contributed by atoms with Crippen molar-refractivity contribution < 1.29 is 13.2 Å². The zero-order valence-corrected chi connectivity index (χ0v) is 12.2. The molecule has 0 aliphatic heterocycles. The Hall–Kier alpha value is -0.170. The molecule has 0 spiro atoms. The molecule has 0 atom stereocenters. The van der Waals surface area contributed by atoms with Gasteiger partial charge in [0.05, 0.1) is 12.4 Å². The first kappa shape index (κ1) is 16.8. The minimum Gasteiger partial charge on any atom is -0.383 e. The van der Waals surface area contributed by atoms with Crippen LogP contribution in [0.15, 0.2) is 0 Å². The first-order chi connectivity index (χ1) is 7.73. The summed E-state index contributed by atoms with van der Waals surface area (Å²) in [5.74, 6) is 0.147. The highest BCUT2D eigenvalue weighted by molar-refractivity contribution is 7.89. The van der Waals surface area contributed by atoms with Gasteiger partial charge in [-0.3, -0.25) is 0 Å². The second-order valence-corrected chi connectivity index (χ2v) is 7.32. The highest BCUT2D eigenvalue weighted by Gasteiger charge is 2.27. The molecule has 17 heavy (non-hydrogen) atoms. The molecule has 5 nitrogen and oxygen atoms in total. The van der Waals surface area contributed by atoms with Crippen LogP contribution in [0.1, 0.15) is 27.2 Å². The van der Waals surface area contributed by atoms with Gasteiger partial charge >= 0.3 is 0 Å². The first-order valence-corrected chi connectivity index (χ1v) is 7.50. The monoisotopic (exact) mass is 266 g/mol. The van der Waals surface area contributed by atoms with E-state index >= 15 is 0 Å². The molecule has 104 valence electrons. The standard InChI is InChI=1S/C11H26N2O3S/c1-11(2,3)10-17(14,15)13(7-5-6-12)8-9-16-4/h5-10,12H2,1-4H3. The van der Waals surface area contributed by atoms with Gasteiger partial charge in [-0.2, -0.15) is 4.31 Å². The van der Waals surface area contributed by atoms with E-state index in [0.29, 0.717) is 32.7 Å². The molecule has 0 aromatic carbocycles. The Morgan fingerprint density at radius 2 is 1.82 bits per heavy atom. The van der Waals surface area contributed by atoms with Gasteiger partial charge in [-0.1, -0.05) is 20.8 Å². The number of rotatable bonds is 8. The average molecular weight is 266 g/mol. The van der Waals surface area contributed by atoms with Gasteiger partial charge in [-0.15, -0.1) is 0 Å². The van der Waals surface area contributed by atoms with E-state index in [1.54, 1.807) is 7.11 Å². The van der Waals surface area contributed by atoms with Gasteiger partial charge < -0.3 is 10.5 Å². The van der Waals surface area contributed by atoms with Crippen molar-refractivity contribution in [2.75, 3.05) is 39.1 Å². The van der Waals surface area contributed by atoms with Crippen molar-refractivity contribution in [2.45, 2.75) is 27.2 Å². The van der Waals surface area contributed by atoms with Crippen molar-refractivity contribution in [3.05, 3.63) is 0 Å². The summed E-state index contributed by atoms with van der Waals surface area (Å²) in [6, 6.07) is 0. The number of methoxy groups -OCH3 is 1. The molecule has 0 aromatic rings. The van der Waals surface area contributed by atoms with E-state index in [9.17, 15) is 8.42 Å². The molecule has 0 aliphatic carbocycles. The zero-order valence-electron chi connectivity index (χ0n) is 11.4. The van der Waals surface area contributed by atoms with Gasteiger partial charge in [0.15, 0.2) is 0 Å². The number of ether oxygens (including phenoxy) is 1. The lowest BCUT2D eigenvalue weighted by molar-refractivity contribution is 0.178. The Morgan fingerprint density at radius 1 is 1.24 bits per heavy atom. The summed E-state index contributed by atoms with van der Waals surface area (Å²) in [5.41, 5.74) is 5.18. The van der Waals surface area contributed by atoms with Crippen molar-refractivity contribution in [1.29, 1.82) is 0 Å². The average Bonchev–Trinajstić information content (AvgIpc) is 2.13. The maximum Gasteiger partial charge on any atom is 0.214 e. The van der Waals surface area contributed by atoms with Crippen molar-refractivity contribution >= 4 is 10.0 Å². The molecule has 0 saturated heterocycles. The topological polar surface area (TPSA) is 72.6 Å². The second kappa shape index (κ2) is 7.31. The fraction of sp³-hybridized carbons (Fsp3) is 1.00. The van der Waals surface area contributed by atoms with Crippen molar-refractivity contribution in [1.82, 2.24) is 4.31 Å². The molecule has 0 heterocycles. The highest BCUT2D eigenvalue weighted by atomic mass is 32.2. The summed E-state index contributed by atoms with van der Waals surface area (Å²) in [6.07, 6.45) is 0.674. The summed E-state index contributed by atoms with van der Waals surface area (Å²) in [7, 11) is -1.66. The molecule has 0 rings (SSSR count).